The van der Waals surface area contributed by atoms with Crippen molar-refractivity contribution in [1.82, 2.24) is 4.98 Å². The van der Waals surface area contributed by atoms with Crippen molar-refractivity contribution in [3.8, 4) is 5.75 Å². The second kappa shape index (κ2) is 7.37. The van der Waals surface area contributed by atoms with Gasteiger partial charge in [-0.1, -0.05) is 26.2 Å². The molecule has 18 heavy (non-hydrogen) atoms. The van der Waals surface area contributed by atoms with Crippen LogP contribution in [0.4, 0.5) is 0 Å². The molecule has 1 atom stereocenters. The van der Waals surface area contributed by atoms with Crippen molar-refractivity contribution in [2.45, 2.75) is 58.9 Å². The van der Waals surface area contributed by atoms with E-state index in [0.717, 1.165) is 35.4 Å². The largest absolute Gasteiger partial charge is 0.496 e. The molecule has 0 radical (unpaired) electrons. The quantitative estimate of drug-likeness (QED) is 0.756. The molecule has 1 unspecified atom stereocenters. The van der Waals surface area contributed by atoms with E-state index in [4.69, 9.17) is 10.5 Å². The highest BCUT2D eigenvalue weighted by molar-refractivity contribution is 5.41. The fourth-order valence-electron chi connectivity index (χ4n) is 2.28. The van der Waals surface area contributed by atoms with Crippen LogP contribution in [0, 0.1) is 13.8 Å². The van der Waals surface area contributed by atoms with Crippen molar-refractivity contribution in [2.24, 2.45) is 5.73 Å². The van der Waals surface area contributed by atoms with E-state index in [0.29, 0.717) is 0 Å². The van der Waals surface area contributed by atoms with Crippen LogP contribution in [-0.4, -0.2) is 18.1 Å². The highest BCUT2D eigenvalue weighted by Gasteiger charge is 2.12. The third-order valence-corrected chi connectivity index (χ3v) is 3.38. The predicted octanol–water partition coefficient (Wildman–Crippen LogP) is 3.16. The van der Waals surface area contributed by atoms with E-state index in [9.17, 15) is 0 Å². The first-order chi connectivity index (χ1) is 8.60. The van der Waals surface area contributed by atoms with E-state index in [2.05, 4.69) is 18.8 Å². The van der Waals surface area contributed by atoms with Crippen molar-refractivity contribution in [3.63, 3.8) is 0 Å². The molecule has 1 heterocycles. The second-order valence-corrected chi connectivity index (χ2v) is 5.01. The Balaban J connectivity index is 2.67. The van der Waals surface area contributed by atoms with Gasteiger partial charge in [-0.05, 0) is 20.3 Å². The van der Waals surface area contributed by atoms with Gasteiger partial charge in [-0.15, -0.1) is 0 Å². The van der Waals surface area contributed by atoms with Crippen molar-refractivity contribution < 1.29 is 4.74 Å². The predicted molar refractivity (Wildman–Crippen MR) is 76.1 cm³/mol. The van der Waals surface area contributed by atoms with Gasteiger partial charge >= 0.3 is 0 Å². The average molecular weight is 250 g/mol. The molecule has 1 aromatic rings. The lowest BCUT2D eigenvalue weighted by Crippen LogP contribution is -2.23. The third-order valence-electron chi connectivity index (χ3n) is 3.38. The van der Waals surface area contributed by atoms with Crippen LogP contribution < -0.4 is 10.5 Å². The molecule has 0 spiro atoms. The zero-order valence-corrected chi connectivity index (χ0v) is 12.1. The van der Waals surface area contributed by atoms with Gasteiger partial charge < -0.3 is 10.5 Å². The third kappa shape index (κ3) is 3.98. The minimum atomic E-state index is 0.204. The van der Waals surface area contributed by atoms with Crippen LogP contribution in [-0.2, 0) is 6.42 Å². The Morgan fingerprint density at radius 3 is 2.67 bits per heavy atom. The van der Waals surface area contributed by atoms with Crippen LogP contribution in [0.5, 0.6) is 5.75 Å². The summed E-state index contributed by atoms with van der Waals surface area (Å²) in [5.74, 6) is 0.945. The molecule has 3 heteroatoms. The molecule has 0 aliphatic carbocycles. The molecule has 0 fully saturated rings. The molecule has 0 bridgehead atoms. The molecule has 1 aromatic heterocycles. The number of nitrogens with zero attached hydrogens (tertiary/aromatic N) is 1. The molecule has 0 aromatic carbocycles. The number of hydrogen-bond acceptors (Lipinski definition) is 3. The zero-order valence-electron chi connectivity index (χ0n) is 12.1. The van der Waals surface area contributed by atoms with Gasteiger partial charge in [0, 0.05) is 35.5 Å². The lowest BCUT2D eigenvalue weighted by atomic mass is 10.0. The van der Waals surface area contributed by atoms with Gasteiger partial charge in [0.2, 0.25) is 0 Å². The van der Waals surface area contributed by atoms with Gasteiger partial charge in [-0.25, -0.2) is 0 Å². The summed E-state index contributed by atoms with van der Waals surface area (Å²) in [6.45, 7) is 6.29. The molecule has 0 saturated carbocycles. The summed E-state index contributed by atoms with van der Waals surface area (Å²) >= 11 is 0. The number of aromatic nitrogens is 1. The monoisotopic (exact) mass is 250 g/mol. The first kappa shape index (κ1) is 15.0. The molecule has 2 N–H and O–H groups in total. The maximum Gasteiger partial charge on any atom is 0.128 e. The standard InChI is InChI=1S/C15H26N2O/c1-5-6-7-8-13(16)9-14-12(3)15(18-4)11(2)10-17-14/h10,13H,5-9,16H2,1-4H3. The second-order valence-electron chi connectivity index (χ2n) is 5.01. The van der Waals surface area contributed by atoms with Crippen LogP contribution in [0.2, 0.25) is 0 Å². The number of nitrogens with two attached hydrogens (primary N) is 1. The van der Waals surface area contributed by atoms with Gasteiger partial charge in [-0.3, -0.25) is 4.98 Å². The molecule has 1 rings (SSSR count). The number of aryl methyl sites for hydroxylation is 1. The lowest BCUT2D eigenvalue weighted by Gasteiger charge is -2.15. The fourth-order valence-corrected chi connectivity index (χ4v) is 2.28. The first-order valence-electron chi connectivity index (χ1n) is 6.84. The van der Waals surface area contributed by atoms with Crippen LogP contribution in [0.3, 0.4) is 0 Å². The van der Waals surface area contributed by atoms with Crippen molar-refractivity contribution in [3.05, 3.63) is 23.0 Å². The Morgan fingerprint density at radius 1 is 1.33 bits per heavy atom. The summed E-state index contributed by atoms with van der Waals surface area (Å²) in [6, 6.07) is 0.204. The molecule has 3 nitrogen and oxygen atoms in total. The van der Waals surface area contributed by atoms with Crippen LogP contribution in [0.1, 0.15) is 49.4 Å². The summed E-state index contributed by atoms with van der Waals surface area (Å²) in [5.41, 5.74) is 9.44. The number of hydrogen-bond donors (Lipinski definition) is 1. The molecule has 0 amide bonds. The molecule has 0 aliphatic heterocycles. The van der Waals surface area contributed by atoms with Crippen LogP contribution >= 0.6 is 0 Å². The van der Waals surface area contributed by atoms with Gasteiger partial charge in [0.05, 0.1) is 7.11 Å². The van der Waals surface area contributed by atoms with Gasteiger partial charge in [0.25, 0.3) is 0 Å². The van der Waals surface area contributed by atoms with Crippen molar-refractivity contribution in [2.75, 3.05) is 7.11 Å². The molecule has 0 saturated heterocycles. The van der Waals surface area contributed by atoms with E-state index in [1.165, 1.54) is 19.3 Å². The highest BCUT2D eigenvalue weighted by Crippen LogP contribution is 2.24. The molecular weight excluding hydrogens is 224 g/mol. The topological polar surface area (TPSA) is 48.1 Å². The fraction of sp³-hybridized carbons (Fsp3) is 0.667. The number of ether oxygens (including phenoxy) is 1. The summed E-state index contributed by atoms with van der Waals surface area (Å²) in [6.07, 6.45) is 7.50. The Bertz CT molecular complexity index is 377. The first-order valence-corrected chi connectivity index (χ1v) is 6.84. The molecule has 102 valence electrons. The van der Waals surface area contributed by atoms with Gasteiger partial charge in [-0.2, -0.15) is 0 Å². The maximum atomic E-state index is 6.16. The number of methoxy groups -OCH3 is 1. The van der Waals surface area contributed by atoms with Crippen LogP contribution in [0.15, 0.2) is 6.20 Å². The van der Waals surface area contributed by atoms with E-state index >= 15 is 0 Å². The van der Waals surface area contributed by atoms with Crippen molar-refractivity contribution in [1.29, 1.82) is 0 Å². The Kier molecular flexibility index (Phi) is 6.13. The van der Waals surface area contributed by atoms with E-state index < -0.39 is 0 Å². The summed E-state index contributed by atoms with van der Waals surface area (Å²) < 4.78 is 5.42. The van der Waals surface area contributed by atoms with E-state index in [1.54, 1.807) is 7.11 Å². The Hall–Kier alpha value is -1.09. The number of pyridine rings is 1. The van der Waals surface area contributed by atoms with Gasteiger partial charge in [0.15, 0.2) is 0 Å². The normalized spacial score (nSPS) is 12.5. The molecule has 0 aliphatic rings. The highest BCUT2D eigenvalue weighted by atomic mass is 16.5. The Labute approximate surface area is 111 Å². The Morgan fingerprint density at radius 2 is 2.06 bits per heavy atom. The summed E-state index contributed by atoms with van der Waals surface area (Å²) in [5, 5.41) is 0. The smallest absolute Gasteiger partial charge is 0.128 e. The zero-order chi connectivity index (χ0) is 13.5. The van der Waals surface area contributed by atoms with Crippen molar-refractivity contribution >= 4 is 0 Å². The summed E-state index contributed by atoms with van der Waals surface area (Å²) in [7, 11) is 1.71. The van der Waals surface area contributed by atoms with Crippen LogP contribution in [0.25, 0.3) is 0 Å². The SMILES string of the molecule is CCCCCC(N)Cc1ncc(C)c(OC)c1C. The average Bonchev–Trinajstić information content (AvgIpc) is 2.34. The van der Waals surface area contributed by atoms with E-state index in [1.807, 2.05) is 13.1 Å². The summed E-state index contributed by atoms with van der Waals surface area (Å²) in [4.78, 5) is 4.49. The van der Waals surface area contributed by atoms with E-state index in [-0.39, 0.29) is 6.04 Å². The molecular formula is C15H26N2O. The van der Waals surface area contributed by atoms with Gasteiger partial charge in [0.1, 0.15) is 5.75 Å². The maximum absolute atomic E-state index is 6.16. The minimum absolute atomic E-state index is 0.204. The minimum Gasteiger partial charge on any atom is -0.496 e. The number of rotatable bonds is 7. The number of unbranched alkanes of at least 4 members (excludes halogenated alkanes) is 2. The lowest BCUT2D eigenvalue weighted by molar-refractivity contribution is 0.406.